The van der Waals surface area contributed by atoms with Gasteiger partial charge >= 0.3 is 0 Å². The first-order chi connectivity index (χ1) is 11.4. The van der Waals surface area contributed by atoms with E-state index in [0.717, 1.165) is 6.42 Å². The van der Waals surface area contributed by atoms with Gasteiger partial charge in [-0.25, -0.2) is 4.39 Å². The molecule has 1 saturated heterocycles. The third-order valence-electron chi connectivity index (χ3n) is 4.27. The Kier molecular flexibility index (Phi) is 4.58. The average molecular weight is 352 g/mol. The van der Waals surface area contributed by atoms with Crippen LogP contribution in [0, 0.1) is 12.7 Å². The number of carbonyl (C=O) groups excluding carboxylic acids is 1. The van der Waals surface area contributed by atoms with Gasteiger partial charge in [-0.15, -0.1) is 0 Å². The van der Waals surface area contributed by atoms with Crippen LogP contribution in [0.2, 0.25) is 5.02 Å². The van der Waals surface area contributed by atoms with E-state index in [-0.39, 0.29) is 22.5 Å². The minimum absolute atomic E-state index is 0.0906. The Morgan fingerprint density at radius 2 is 2.21 bits per heavy atom. The molecule has 1 aliphatic heterocycles. The molecule has 5 nitrogen and oxygen atoms in total. The number of halogens is 2. The molecule has 24 heavy (non-hydrogen) atoms. The lowest BCUT2D eigenvalue weighted by molar-refractivity contribution is 0.0705. The standard InChI is InChI=1S/C17H19ClFN3O2/c1-9(2)15-20-16(24-21-15)12-5-4-8-22(12)17(23)13-11(19)7-6-10(3)14(13)18/h6-7,9,12H,4-5,8H2,1-3H3/t12-/m0/s1. The zero-order chi connectivity index (χ0) is 17.4. The fourth-order valence-electron chi connectivity index (χ4n) is 2.88. The summed E-state index contributed by atoms with van der Waals surface area (Å²) >= 11 is 6.17. The number of aromatic nitrogens is 2. The summed E-state index contributed by atoms with van der Waals surface area (Å²) in [6.07, 6.45) is 1.50. The van der Waals surface area contributed by atoms with Crippen LogP contribution < -0.4 is 0 Å². The number of hydrogen-bond donors (Lipinski definition) is 0. The predicted octanol–water partition coefficient (Wildman–Crippen LogP) is 4.27. The van der Waals surface area contributed by atoms with Gasteiger partial charge in [-0.3, -0.25) is 4.79 Å². The molecule has 128 valence electrons. The Labute approximate surface area is 144 Å². The second-order valence-corrected chi connectivity index (χ2v) is 6.73. The number of aryl methyl sites for hydroxylation is 1. The lowest BCUT2D eigenvalue weighted by atomic mass is 10.1. The molecule has 1 aromatic heterocycles. The van der Waals surface area contributed by atoms with Crippen LogP contribution in [0.1, 0.15) is 66.3 Å². The quantitative estimate of drug-likeness (QED) is 0.828. The van der Waals surface area contributed by atoms with E-state index in [9.17, 15) is 9.18 Å². The lowest BCUT2D eigenvalue weighted by Crippen LogP contribution is -2.31. The molecule has 1 atom stereocenters. The van der Waals surface area contributed by atoms with Crippen molar-refractivity contribution in [1.82, 2.24) is 15.0 Å². The van der Waals surface area contributed by atoms with Crippen molar-refractivity contribution in [2.75, 3.05) is 6.54 Å². The highest BCUT2D eigenvalue weighted by molar-refractivity contribution is 6.34. The van der Waals surface area contributed by atoms with Gasteiger partial charge in [0.15, 0.2) is 5.82 Å². The minimum Gasteiger partial charge on any atom is -0.337 e. The van der Waals surface area contributed by atoms with E-state index >= 15 is 0 Å². The highest BCUT2D eigenvalue weighted by Crippen LogP contribution is 2.35. The maximum Gasteiger partial charge on any atom is 0.259 e. The van der Waals surface area contributed by atoms with Crippen molar-refractivity contribution in [2.45, 2.75) is 45.6 Å². The van der Waals surface area contributed by atoms with Crippen molar-refractivity contribution in [3.8, 4) is 0 Å². The molecule has 0 N–H and O–H groups in total. The van der Waals surface area contributed by atoms with Crippen LogP contribution in [0.4, 0.5) is 4.39 Å². The Hall–Kier alpha value is -1.95. The summed E-state index contributed by atoms with van der Waals surface area (Å²) in [5.41, 5.74) is 0.573. The van der Waals surface area contributed by atoms with Gasteiger partial charge in [0, 0.05) is 12.5 Å². The van der Waals surface area contributed by atoms with E-state index < -0.39 is 11.7 Å². The number of likely N-dealkylation sites (tertiary alicyclic amines) is 1. The maximum absolute atomic E-state index is 14.2. The Bertz CT molecular complexity index is 775. The molecule has 0 aliphatic carbocycles. The first-order valence-corrected chi connectivity index (χ1v) is 8.37. The minimum atomic E-state index is -0.616. The number of amides is 1. The molecule has 2 heterocycles. The Morgan fingerprint density at radius 3 is 2.88 bits per heavy atom. The maximum atomic E-state index is 14.2. The van der Waals surface area contributed by atoms with Crippen molar-refractivity contribution >= 4 is 17.5 Å². The van der Waals surface area contributed by atoms with Crippen molar-refractivity contribution in [1.29, 1.82) is 0 Å². The third-order valence-corrected chi connectivity index (χ3v) is 4.76. The molecule has 2 aromatic rings. The SMILES string of the molecule is Cc1ccc(F)c(C(=O)N2CCC[C@H]2c2nc(C(C)C)no2)c1Cl. The number of carbonyl (C=O) groups is 1. The van der Waals surface area contributed by atoms with Gasteiger partial charge in [-0.1, -0.05) is 36.7 Å². The smallest absolute Gasteiger partial charge is 0.259 e. The summed E-state index contributed by atoms with van der Waals surface area (Å²) in [4.78, 5) is 18.8. The molecule has 0 saturated carbocycles. The normalized spacial score (nSPS) is 17.8. The zero-order valence-electron chi connectivity index (χ0n) is 13.8. The van der Waals surface area contributed by atoms with Crippen LogP contribution in [0.25, 0.3) is 0 Å². The Morgan fingerprint density at radius 1 is 1.46 bits per heavy atom. The van der Waals surface area contributed by atoms with Crippen LogP contribution in [-0.4, -0.2) is 27.5 Å². The van der Waals surface area contributed by atoms with Crippen LogP contribution in [-0.2, 0) is 0 Å². The topological polar surface area (TPSA) is 59.2 Å². The van der Waals surface area contributed by atoms with Crippen LogP contribution >= 0.6 is 11.6 Å². The molecule has 1 aliphatic rings. The molecule has 0 radical (unpaired) electrons. The molecule has 1 aromatic carbocycles. The lowest BCUT2D eigenvalue weighted by Gasteiger charge is -2.23. The fraction of sp³-hybridized carbons (Fsp3) is 0.471. The second kappa shape index (κ2) is 6.51. The highest BCUT2D eigenvalue weighted by Gasteiger charge is 2.36. The molecule has 0 unspecified atom stereocenters. The number of rotatable bonds is 3. The van der Waals surface area contributed by atoms with Gasteiger partial charge in [0.25, 0.3) is 5.91 Å². The zero-order valence-corrected chi connectivity index (χ0v) is 14.6. The second-order valence-electron chi connectivity index (χ2n) is 6.36. The fourth-order valence-corrected chi connectivity index (χ4v) is 3.11. The van der Waals surface area contributed by atoms with Crippen LogP contribution in [0.15, 0.2) is 16.7 Å². The summed E-state index contributed by atoms with van der Waals surface area (Å²) in [5, 5.41) is 4.10. The molecule has 1 fully saturated rings. The number of benzene rings is 1. The van der Waals surface area contributed by atoms with Gasteiger partial charge in [-0.2, -0.15) is 4.98 Å². The molecule has 0 spiro atoms. The van der Waals surface area contributed by atoms with Gasteiger partial charge in [0.05, 0.1) is 10.6 Å². The molecule has 0 bridgehead atoms. The summed E-state index contributed by atoms with van der Waals surface area (Å²) in [6.45, 7) is 6.18. The van der Waals surface area contributed by atoms with E-state index in [2.05, 4.69) is 10.1 Å². The summed E-state index contributed by atoms with van der Waals surface area (Å²) in [7, 11) is 0. The summed E-state index contributed by atoms with van der Waals surface area (Å²) in [5.74, 6) is 0.0807. The monoisotopic (exact) mass is 351 g/mol. The molecular formula is C17H19ClFN3O2. The first kappa shape index (κ1) is 16.9. The predicted molar refractivity (Wildman–Crippen MR) is 87.5 cm³/mol. The Balaban J connectivity index is 1.93. The number of hydrogen-bond acceptors (Lipinski definition) is 4. The van der Waals surface area contributed by atoms with E-state index in [4.69, 9.17) is 16.1 Å². The van der Waals surface area contributed by atoms with E-state index in [1.807, 2.05) is 13.8 Å². The highest BCUT2D eigenvalue weighted by atomic mass is 35.5. The largest absolute Gasteiger partial charge is 0.337 e. The van der Waals surface area contributed by atoms with Crippen LogP contribution in [0.3, 0.4) is 0 Å². The van der Waals surface area contributed by atoms with E-state index in [1.165, 1.54) is 6.07 Å². The summed E-state index contributed by atoms with van der Waals surface area (Å²) < 4.78 is 19.5. The van der Waals surface area contributed by atoms with Crippen molar-refractivity contribution in [3.63, 3.8) is 0 Å². The molecule has 3 rings (SSSR count). The molecular weight excluding hydrogens is 333 g/mol. The van der Waals surface area contributed by atoms with Crippen molar-refractivity contribution in [3.05, 3.63) is 45.8 Å². The van der Waals surface area contributed by atoms with Crippen molar-refractivity contribution in [2.24, 2.45) is 0 Å². The van der Waals surface area contributed by atoms with Crippen molar-refractivity contribution < 1.29 is 13.7 Å². The van der Waals surface area contributed by atoms with Gasteiger partial charge in [0.1, 0.15) is 11.9 Å². The van der Waals surface area contributed by atoms with Gasteiger partial charge in [-0.05, 0) is 31.4 Å². The molecule has 1 amide bonds. The van der Waals surface area contributed by atoms with Gasteiger partial charge < -0.3 is 9.42 Å². The average Bonchev–Trinajstić information content (AvgIpc) is 3.19. The molecule has 7 heteroatoms. The van der Waals surface area contributed by atoms with Crippen LogP contribution in [0.5, 0.6) is 0 Å². The van der Waals surface area contributed by atoms with E-state index in [0.29, 0.717) is 30.2 Å². The number of nitrogens with zero attached hydrogens (tertiary/aromatic N) is 3. The van der Waals surface area contributed by atoms with E-state index in [1.54, 1.807) is 17.9 Å². The van der Waals surface area contributed by atoms with Gasteiger partial charge in [0.2, 0.25) is 5.89 Å². The summed E-state index contributed by atoms with van der Waals surface area (Å²) in [6, 6.07) is 2.49. The first-order valence-electron chi connectivity index (χ1n) is 7.99. The third kappa shape index (κ3) is 2.90.